The number of benzene rings is 1. The molecule has 0 bridgehead atoms. The number of furan rings is 1. The van der Waals surface area contributed by atoms with E-state index in [1.165, 1.54) is 22.5 Å². The maximum absolute atomic E-state index is 12.7. The van der Waals surface area contributed by atoms with Gasteiger partial charge in [0.1, 0.15) is 16.4 Å². The van der Waals surface area contributed by atoms with E-state index in [9.17, 15) is 4.79 Å². The first-order chi connectivity index (χ1) is 13.0. The Morgan fingerprint density at radius 2 is 1.96 bits per heavy atom. The third-order valence-electron chi connectivity index (χ3n) is 4.81. The summed E-state index contributed by atoms with van der Waals surface area (Å²) >= 11 is 1.46. The molecule has 27 heavy (non-hydrogen) atoms. The van der Waals surface area contributed by atoms with E-state index in [4.69, 9.17) is 9.40 Å². The van der Waals surface area contributed by atoms with Crippen LogP contribution in [0.4, 0.5) is 0 Å². The predicted octanol–water partition coefficient (Wildman–Crippen LogP) is 4.96. The Bertz CT molecular complexity index is 1130. The number of H-pyrrole nitrogens is 1. The van der Waals surface area contributed by atoms with Crippen molar-refractivity contribution in [3.05, 3.63) is 75.3 Å². The molecule has 0 radical (unpaired) electrons. The van der Waals surface area contributed by atoms with Gasteiger partial charge in [0.2, 0.25) is 0 Å². The third kappa shape index (κ3) is 3.34. The van der Waals surface area contributed by atoms with Crippen LogP contribution in [0.15, 0.2) is 57.3 Å². The van der Waals surface area contributed by atoms with Gasteiger partial charge in [-0.05, 0) is 44.0 Å². The van der Waals surface area contributed by atoms with Crippen molar-refractivity contribution in [1.82, 2.24) is 15.3 Å². The molecule has 4 aromatic rings. The molecule has 1 aromatic carbocycles. The number of hydrogen-bond donors (Lipinski definition) is 2. The molecule has 0 saturated carbocycles. The molecular weight excluding hydrogens is 358 g/mol. The minimum atomic E-state index is -0.139. The first-order valence-corrected chi connectivity index (χ1v) is 9.79. The van der Waals surface area contributed by atoms with Crippen molar-refractivity contribution >= 4 is 21.6 Å². The van der Waals surface area contributed by atoms with E-state index in [1.807, 2.05) is 36.6 Å². The van der Waals surface area contributed by atoms with Gasteiger partial charge in [0, 0.05) is 17.0 Å². The average molecular weight is 379 g/mol. The lowest BCUT2D eigenvalue weighted by Gasteiger charge is -2.21. The monoisotopic (exact) mass is 379 g/mol. The molecule has 5 nitrogen and oxygen atoms in total. The van der Waals surface area contributed by atoms with Crippen LogP contribution in [-0.4, -0.2) is 9.97 Å². The summed E-state index contributed by atoms with van der Waals surface area (Å²) in [6.07, 6.45) is 1.60. The predicted molar refractivity (Wildman–Crippen MR) is 109 cm³/mol. The van der Waals surface area contributed by atoms with Crippen molar-refractivity contribution in [2.45, 2.75) is 32.9 Å². The lowest BCUT2D eigenvalue weighted by atomic mass is 10.0. The smallest absolute Gasteiger partial charge is 0.260 e. The molecule has 4 rings (SSSR count). The van der Waals surface area contributed by atoms with Crippen LogP contribution in [0.1, 0.15) is 42.9 Å². The highest BCUT2D eigenvalue weighted by Crippen LogP contribution is 2.31. The molecule has 3 aromatic heterocycles. The number of nitrogens with zero attached hydrogens (tertiary/aromatic N) is 1. The molecule has 0 fully saturated rings. The van der Waals surface area contributed by atoms with Crippen LogP contribution in [0.5, 0.6) is 0 Å². The number of rotatable bonds is 5. The van der Waals surface area contributed by atoms with Crippen molar-refractivity contribution in [2.24, 2.45) is 0 Å². The number of fused-ring (bicyclic) bond motifs is 1. The molecule has 2 N–H and O–H groups in total. The second kappa shape index (κ2) is 7.13. The molecule has 0 aliphatic carbocycles. The number of aromatic nitrogens is 2. The SMILES string of the molecule is Cc1ccccc1[C@H](C)N[C@H](C)c1nc2scc(-c3ccco3)c2c(=O)[nH]1. The minimum Gasteiger partial charge on any atom is -0.464 e. The molecule has 0 amide bonds. The van der Waals surface area contributed by atoms with Crippen LogP contribution in [0, 0.1) is 6.92 Å². The van der Waals surface area contributed by atoms with Crippen molar-refractivity contribution < 1.29 is 4.42 Å². The van der Waals surface area contributed by atoms with E-state index in [-0.39, 0.29) is 17.6 Å². The zero-order chi connectivity index (χ0) is 19.0. The van der Waals surface area contributed by atoms with Gasteiger partial charge in [0.25, 0.3) is 5.56 Å². The van der Waals surface area contributed by atoms with Gasteiger partial charge in [0.15, 0.2) is 0 Å². The van der Waals surface area contributed by atoms with Gasteiger partial charge < -0.3 is 14.7 Å². The largest absolute Gasteiger partial charge is 0.464 e. The zero-order valence-electron chi connectivity index (χ0n) is 15.4. The van der Waals surface area contributed by atoms with Crippen molar-refractivity contribution in [1.29, 1.82) is 0 Å². The van der Waals surface area contributed by atoms with Gasteiger partial charge in [-0.2, -0.15) is 0 Å². The number of aromatic amines is 1. The van der Waals surface area contributed by atoms with Crippen LogP contribution in [0.2, 0.25) is 0 Å². The maximum atomic E-state index is 12.7. The molecule has 0 saturated heterocycles. The van der Waals surface area contributed by atoms with Gasteiger partial charge in [-0.25, -0.2) is 4.98 Å². The van der Waals surface area contributed by atoms with Crippen molar-refractivity contribution in [3.8, 4) is 11.3 Å². The highest BCUT2D eigenvalue weighted by molar-refractivity contribution is 7.17. The Morgan fingerprint density at radius 1 is 1.15 bits per heavy atom. The minimum absolute atomic E-state index is 0.0918. The van der Waals surface area contributed by atoms with Gasteiger partial charge in [-0.1, -0.05) is 24.3 Å². The highest BCUT2D eigenvalue weighted by Gasteiger charge is 2.18. The maximum Gasteiger partial charge on any atom is 0.260 e. The van der Waals surface area contributed by atoms with Crippen molar-refractivity contribution in [3.63, 3.8) is 0 Å². The summed E-state index contributed by atoms with van der Waals surface area (Å²) in [6.45, 7) is 6.24. The zero-order valence-corrected chi connectivity index (χ0v) is 16.3. The molecule has 2 atom stereocenters. The summed E-state index contributed by atoms with van der Waals surface area (Å²) in [4.78, 5) is 21.1. The Balaban J connectivity index is 1.64. The van der Waals surface area contributed by atoms with Crippen LogP contribution in [0.3, 0.4) is 0 Å². The fraction of sp³-hybridized carbons (Fsp3) is 0.238. The van der Waals surface area contributed by atoms with Crippen LogP contribution in [-0.2, 0) is 0 Å². The molecule has 0 aliphatic heterocycles. The summed E-state index contributed by atoms with van der Waals surface area (Å²) in [5.41, 5.74) is 3.13. The Kier molecular flexibility index (Phi) is 4.68. The fourth-order valence-electron chi connectivity index (χ4n) is 3.40. The Labute approximate surface area is 161 Å². The van der Waals surface area contributed by atoms with E-state index in [0.717, 1.165) is 10.4 Å². The highest BCUT2D eigenvalue weighted by atomic mass is 32.1. The van der Waals surface area contributed by atoms with Crippen LogP contribution >= 0.6 is 11.3 Å². The lowest BCUT2D eigenvalue weighted by molar-refractivity contribution is 0.475. The quantitative estimate of drug-likeness (QED) is 0.514. The third-order valence-corrected chi connectivity index (χ3v) is 5.69. The van der Waals surface area contributed by atoms with Crippen LogP contribution in [0.25, 0.3) is 21.5 Å². The molecule has 0 spiro atoms. The summed E-state index contributed by atoms with van der Waals surface area (Å²) in [7, 11) is 0. The molecule has 138 valence electrons. The standard InChI is InChI=1S/C21H21N3O2S/c1-12-7-4-5-8-15(12)13(2)22-14(3)19-23-20(25)18-16(11-27-21(18)24-19)17-9-6-10-26-17/h4-11,13-14,22H,1-3H3,(H,23,24,25)/t13-,14+/m0/s1. The topological polar surface area (TPSA) is 70.9 Å². The van der Waals surface area contributed by atoms with Gasteiger partial charge in [-0.15, -0.1) is 11.3 Å². The molecule has 3 heterocycles. The summed E-state index contributed by atoms with van der Waals surface area (Å²) < 4.78 is 5.45. The molecule has 6 heteroatoms. The van der Waals surface area contributed by atoms with Gasteiger partial charge >= 0.3 is 0 Å². The van der Waals surface area contributed by atoms with E-state index in [2.05, 4.69) is 36.3 Å². The van der Waals surface area contributed by atoms with E-state index in [1.54, 1.807) is 6.26 Å². The fourth-order valence-corrected chi connectivity index (χ4v) is 4.34. The Hall–Kier alpha value is -2.70. The van der Waals surface area contributed by atoms with Crippen molar-refractivity contribution in [2.75, 3.05) is 0 Å². The number of nitrogens with one attached hydrogen (secondary N) is 2. The number of aryl methyl sites for hydroxylation is 1. The number of hydrogen-bond acceptors (Lipinski definition) is 5. The van der Waals surface area contributed by atoms with E-state index >= 15 is 0 Å². The first kappa shape index (κ1) is 17.7. The van der Waals surface area contributed by atoms with Crippen LogP contribution < -0.4 is 10.9 Å². The van der Waals surface area contributed by atoms with E-state index in [0.29, 0.717) is 17.0 Å². The van der Waals surface area contributed by atoms with Gasteiger partial charge in [0.05, 0.1) is 17.7 Å². The van der Waals surface area contributed by atoms with E-state index < -0.39 is 0 Å². The molecular formula is C21H21N3O2S. The summed E-state index contributed by atoms with van der Waals surface area (Å²) in [5, 5.41) is 6.03. The number of thiophene rings is 1. The molecule has 0 unspecified atom stereocenters. The molecule has 0 aliphatic rings. The lowest BCUT2D eigenvalue weighted by Crippen LogP contribution is -2.26. The Morgan fingerprint density at radius 3 is 2.70 bits per heavy atom. The van der Waals surface area contributed by atoms with Gasteiger partial charge in [-0.3, -0.25) is 4.79 Å². The normalized spacial score (nSPS) is 13.7. The second-order valence-corrected chi connectivity index (χ2v) is 7.58. The summed E-state index contributed by atoms with van der Waals surface area (Å²) in [5.74, 6) is 1.32. The first-order valence-electron chi connectivity index (χ1n) is 8.91. The summed E-state index contributed by atoms with van der Waals surface area (Å²) in [6, 6.07) is 12.0. The average Bonchev–Trinajstić information content (AvgIpc) is 3.31. The second-order valence-electron chi connectivity index (χ2n) is 6.72.